The maximum absolute atomic E-state index is 13.4. The number of amides is 1. The molecule has 4 rings (SSSR count). The van der Waals surface area contributed by atoms with Crippen molar-refractivity contribution >= 4 is 34.7 Å². The van der Waals surface area contributed by atoms with Gasteiger partial charge in [0.05, 0.1) is 32.9 Å². The van der Waals surface area contributed by atoms with Gasteiger partial charge >= 0.3 is 0 Å². The van der Waals surface area contributed by atoms with E-state index in [1.165, 1.54) is 26.2 Å². The molecule has 1 unspecified atom stereocenters. The van der Waals surface area contributed by atoms with Gasteiger partial charge in [0.1, 0.15) is 11.5 Å². The normalized spacial score (nSPS) is 16.9. The summed E-state index contributed by atoms with van der Waals surface area (Å²) in [5.41, 5.74) is 2.08. The largest absolute Gasteiger partial charge is 0.507 e. The first-order valence-corrected chi connectivity index (χ1v) is 11.1. The lowest BCUT2D eigenvalue weighted by Crippen LogP contribution is -2.30. The maximum Gasteiger partial charge on any atom is 0.300 e. The van der Waals surface area contributed by atoms with Crippen molar-refractivity contribution in [3.05, 3.63) is 87.9 Å². The molecule has 180 valence electrons. The summed E-state index contributed by atoms with van der Waals surface area (Å²) in [5.74, 6) is -0.381. The number of aryl methyl sites for hydroxylation is 1. The Morgan fingerprint density at radius 1 is 0.886 bits per heavy atom. The van der Waals surface area contributed by atoms with Crippen LogP contribution in [0.4, 0.5) is 5.69 Å². The maximum atomic E-state index is 13.4. The molecule has 1 saturated heterocycles. The number of hydrogen-bond acceptors (Lipinski definition) is 6. The monoisotopic (exact) mass is 493 g/mol. The molecule has 1 amide bonds. The summed E-state index contributed by atoms with van der Waals surface area (Å²) in [4.78, 5) is 28.1. The highest BCUT2D eigenvalue weighted by Crippen LogP contribution is 2.45. The Morgan fingerprint density at radius 2 is 1.57 bits per heavy atom. The van der Waals surface area contributed by atoms with Crippen LogP contribution in [0.1, 0.15) is 22.7 Å². The summed E-state index contributed by atoms with van der Waals surface area (Å²) in [6.07, 6.45) is 0. The standard InChI is InChI=1S/C27H24ClNO6/c1-15-5-9-18(28)14-20(15)29-24(17-8-12-21(34-3)22(13-17)35-4)23(26(31)27(29)32)25(30)16-6-10-19(33-2)11-7-16/h5-14,24,30H,1-4H3/b25-23+. The quantitative estimate of drug-likeness (QED) is 0.285. The van der Waals surface area contributed by atoms with E-state index in [0.717, 1.165) is 5.56 Å². The topological polar surface area (TPSA) is 85.3 Å². The Bertz CT molecular complexity index is 1330. The summed E-state index contributed by atoms with van der Waals surface area (Å²) >= 11 is 6.25. The van der Waals surface area contributed by atoms with Crippen molar-refractivity contribution in [1.82, 2.24) is 0 Å². The van der Waals surface area contributed by atoms with Crippen LogP contribution in [0.2, 0.25) is 5.02 Å². The van der Waals surface area contributed by atoms with Crippen LogP contribution in [-0.2, 0) is 9.59 Å². The molecule has 1 aliphatic rings. The molecular weight excluding hydrogens is 470 g/mol. The second-order valence-electron chi connectivity index (χ2n) is 7.94. The van der Waals surface area contributed by atoms with Crippen LogP contribution in [0, 0.1) is 6.92 Å². The van der Waals surface area contributed by atoms with Gasteiger partial charge in [-0.15, -0.1) is 0 Å². The fraction of sp³-hybridized carbons (Fsp3) is 0.185. The third-order valence-electron chi connectivity index (χ3n) is 5.96. The minimum atomic E-state index is -0.936. The minimum absolute atomic E-state index is 0.0493. The van der Waals surface area contributed by atoms with Gasteiger partial charge in [-0.25, -0.2) is 0 Å². The van der Waals surface area contributed by atoms with Gasteiger partial charge in [-0.3, -0.25) is 14.5 Å². The van der Waals surface area contributed by atoms with Gasteiger partial charge in [0.15, 0.2) is 11.5 Å². The van der Waals surface area contributed by atoms with Crippen molar-refractivity contribution in [3.8, 4) is 17.2 Å². The molecule has 8 heteroatoms. The Hall–Kier alpha value is -3.97. The molecule has 0 aromatic heterocycles. The first-order valence-electron chi connectivity index (χ1n) is 10.7. The predicted octanol–water partition coefficient (Wildman–Crippen LogP) is 5.30. The highest BCUT2D eigenvalue weighted by Gasteiger charge is 2.47. The lowest BCUT2D eigenvalue weighted by molar-refractivity contribution is -0.132. The van der Waals surface area contributed by atoms with Gasteiger partial charge in [-0.05, 0) is 66.6 Å². The Morgan fingerprint density at radius 3 is 2.20 bits per heavy atom. The molecule has 1 aliphatic heterocycles. The van der Waals surface area contributed by atoms with Crippen LogP contribution < -0.4 is 19.1 Å². The number of ether oxygens (including phenoxy) is 3. The highest BCUT2D eigenvalue weighted by atomic mass is 35.5. The summed E-state index contributed by atoms with van der Waals surface area (Å²) in [7, 11) is 4.55. The zero-order valence-electron chi connectivity index (χ0n) is 19.7. The number of aliphatic hydroxyl groups excluding tert-OH is 1. The van der Waals surface area contributed by atoms with Crippen LogP contribution in [0.5, 0.6) is 17.2 Å². The van der Waals surface area contributed by atoms with E-state index in [0.29, 0.717) is 39.1 Å². The smallest absolute Gasteiger partial charge is 0.300 e. The number of Topliss-reactive ketones (excluding diaryl/α,β-unsaturated/α-hetero) is 1. The van der Waals surface area contributed by atoms with Crippen LogP contribution in [0.3, 0.4) is 0 Å². The van der Waals surface area contributed by atoms with Crippen molar-refractivity contribution < 1.29 is 28.9 Å². The number of carbonyl (C=O) groups excluding carboxylic acids is 2. The fourth-order valence-electron chi connectivity index (χ4n) is 4.17. The number of halogens is 1. The summed E-state index contributed by atoms with van der Waals surface area (Å²) in [5, 5.41) is 11.7. The minimum Gasteiger partial charge on any atom is -0.507 e. The van der Waals surface area contributed by atoms with Crippen LogP contribution in [0.25, 0.3) is 5.76 Å². The zero-order chi connectivity index (χ0) is 25.3. The number of hydrogen-bond donors (Lipinski definition) is 1. The summed E-state index contributed by atoms with van der Waals surface area (Å²) in [6.45, 7) is 1.82. The molecule has 0 aliphatic carbocycles. The zero-order valence-corrected chi connectivity index (χ0v) is 20.4. The average Bonchev–Trinajstić information content (AvgIpc) is 3.14. The van der Waals surface area contributed by atoms with Crippen molar-refractivity contribution in [2.45, 2.75) is 13.0 Å². The van der Waals surface area contributed by atoms with Crippen molar-refractivity contribution in [3.63, 3.8) is 0 Å². The molecule has 1 fully saturated rings. The number of ketones is 1. The van der Waals surface area contributed by atoms with E-state index in [4.69, 9.17) is 25.8 Å². The Kier molecular flexibility index (Phi) is 6.71. The van der Waals surface area contributed by atoms with E-state index >= 15 is 0 Å². The van der Waals surface area contributed by atoms with Crippen LogP contribution in [-0.4, -0.2) is 38.1 Å². The molecule has 0 spiro atoms. The predicted molar refractivity (Wildman–Crippen MR) is 134 cm³/mol. The van der Waals surface area contributed by atoms with E-state index < -0.39 is 17.7 Å². The average molecular weight is 494 g/mol. The van der Waals surface area contributed by atoms with E-state index in [1.807, 2.05) is 6.92 Å². The molecule has 1 atom stereocenters. The number of nitrogens with zero attached hydrogens (tertiary/aromatic N) is 1. The van der Waals surface area contributed by atoms with Gasteiger partial charge in [-0.2, -0.15) is 0 Å². The Balaban J connectivity index is 1.98. The number of carbonyl (C=O) groups is 2. The molecule has 1 heterocycles. The molecular formula is C27H24ClNO6. The number of methoxy groups -OCH3 is 3. The van der Waals surface area contributed by atoms with Crippen molar-refractivity contribution in [2.75, 3.05) is 26.2 Å². The molecule has 7 nitrogen and oxygen atoms in total. The highest BCUT2D eigenvalue weighted by molar-refractivity contribution is 6.52. The molecule has 1 N–H and O–H groups in total. The van der Waals surface area contributed by atoms with E-state index in [1.54, 1.807) is 60.7 Å². The number of anilines is 1. The lowest BCUT2D eigenvalue weighted by atomic mass is 9.94. The van der Waals surface area contributed by atoms with Crippen LogP contribution >= 0.6 is 11.6 Å². The number of rotatable bonds is 6. The molecule has 3 aromatic rings. The first kappa shape index (κ1) is 24.2. The number of benzene rings is 3. The molecule has 0 radical (unpaired) electrons. The third-order valence-corrected chi connectivity index (χ3v) is 6.20. The van der Waals surface area contributed by atoms with Gasteiger partial charge in [-0.1, -0.05) is 23.7 Å². The van der Waals surface area contributed by atoms with Crippen molar-refractivity contribution in [1.29, 1.82) is 0 Å². The molecule has 3 aromatic carbocycles. The van der Waals surface area contributed by atoms with Gasteiger partial charge in [0.2, 0.25) is 0 Å². The lowest BCUT2D eigenvalue weighted by Gasteiger charge is -2.27. The second-order valence-corrected chi connectivity index (χ2v) is 8.38. The SMILES string of the molecule is COc1ccc(/C(O)=C2\C(=O)C(=O)N(c3cc(Cl)ccc3C)C2c2ccc(OC)c(OC)c2)cc1. The van der Waals surface area contributed by atoms with Crippen molar-refractivity contribution in [2.24, 2.45) is 0 Å². The van der Waals surface area contributed by atoms with Gasteiger partial charge in [0.25, 0.3) is 11.7 Å². The summed E-state index contributed by atoms with van der Waals surface area (Å²) in [6, 6.07) is 15.8. The van der Waals surface area contributed by atoms with Gasteiger partial charge in [0, 0.05) is 16.3 Å². The van der Waals surface area contributed by atoms with E-state index in [2.05, 4.69) is 0 Å². The third kappa shape index (κ3) is 4.31. The first-order chi connectivity index (χ1) is 16.8. The molecule has 35 heavy (non-hydrogen) atoms. The van der Waals surface area contributed by atoms with E-state index in [9.17, 15) is 14.7 Å². The number of aliphatic hydroxyl groups is 1. The fourth-order valence-corrected chi connectivity index (χ4v) is 4.33. The van der Waals surface area contributed by atoms with Gasteiger partial charge < -0.3 is 19.3 Å². The summed E-state index contributed by atoms with van der Waals surface area (Å²) < 4.78 is 16.0. The molecule has 0 bridgehead atoms. The molecule has 0 saturated carbocycles. The Labute approximate surface area is 208 Å². The van der Waals surface area contributed by atoms with Crippen LogP contribution in [0.15, 0.2) is 66.2 Å². The second kappa shape index (κ2) is 9.72. The van der Waals surface area contributed by atoms with E-state index in [-0.39, 0.29) is 11.3 Å².